The molecule has 0 fully saturated rings. The molecule has 0 saturated carbocycles. The molecule has 0 unspecified atom stereocenters. The van der Waals surface area contributed by atoms with E-state index in [9.17, 15) is 81.8 Å². The molecule has 0 atom stereocenters. The van der Waals surface area contributed by atoms with Gasteiger partial charge in [0.15, 0.2) is 11.5 Å². The van der Waals surface area contributed by atoms with E-state index in [1.54, 1.807) is 85.3 Å². The highest BCUT2D eigenvalue weighted by molar-refractivity contribution is 8.19. The van der Waals surface area contributed by atoms with Gasteiger partial charge in [0.2, 0.25) is 0 Å². The van der Waals surface area contributed by atoms with Crippen LogP contribution in [0.3, 0.4) is 0 Å². The van der Waals surface area contributed by atoms with Crippen molar-refractivity contribution in [2.75, 3.05) is 43.1 Å². The summed E-state index contributed by atoms with van der Waals surface area (Å²) in [4.78, 5) is 89.8. The zero-order valence-corrected chi connectivity index (χ0v) is 63.7. The van der Waals surface area contributed by atoms with Crippen LogP contribution in [0.2, 0.25) is 10.0 Å². The molecule has 45 heteroatoms. The van der Waals surface area contributed by atoms with Gasteiger partial charge < -0.3 is 35.6 Å². The normalized spacial score (nSPS) is 14.6. The largest absolute Gasteiger partial charge is 0.461 e. The highest BCUT2D eigenvalue weighted by atomic mass is 35.5. The lowest BCUT2D eigenvalue weighted by Gasteiger charge is -2.22. The van der Waals surface area contributed by atoms with Gasteiger partial charge in [0, 0.05) is 30.5 Å². The van der Waals surface area contributed by atoms with E-state index in [1.807, 2.05) is 62.4 Å². The van der Waals surface area contributed by atoms with Gasteiger partial charge in [-0.05, 0) is 113 Å². The lowest BCUT2D eigenvalue weighted by atomic mass is 10.2. The van der Waals surface area contributed by atoms with Crippen LogP contribution < -0.4 is 42.2 Å². The van der Waals surface area contributed by atoms with Crippen molar-refractivity contribution in [2.45, 2.75) is 86.3 Å². The Labute approximate surface area is 648 Å². The summed E-state index contributed by atoms with van der Waals surface area (Å²) in [6, 6.07) is 42.8. The summed E-state index contributed by atoms with van der Waals surface area (Å²) in [6.45, 7) is 8.80. The van der Waals surface area contributed by atoms with Crippen LogP contribution in [-0.2, 0) is 73.4 Å². The summed E-state index contributed by atoms with van der Waals surface area (Å²) in [6.07, 6.45) is -0.363. The summed E-state index contributed by atoms with van der Waals surface area (Å²) in [5.74, 6) is -2.26. The number of nitrogens with zero attached hydrogens (tertiary/aromatic N) is 14. The Kier molecular flexibility index (Phi) is 29.0. The number of esters is 1. The maximum Gasteiger partial charge on any atom is 0.355 e. The van der Waals surface area contributed by atoms with E-state index in [2.05, 4.69) is 40.8 Å². The van der Waals surface area contributed by atoms with Crippen LogP contribution in [0, 0.1) is 25.2 Å². The number of para-hydroxylation sites is 3. The number of ketones is 1. The van der Waals surface area contributed by atoms with Crippen LogP contribution in [0.1, 0.15) is 64.3 Å². The van der Waals surface area contributed by atoms with Crippen LogP contribution >= 0.6 is 34.1 Å². The zero-order valence-electron chi connectivity index (χ0n) is 58.9. The summed E-state index contributed by atoms with van der Waals surface area (Å²) in [7, 11) is -17.8. The number of aryl methyl sites for hydroxylation is 2. The Bertz CT molecular complexity index is 5530. The van der Waals surface area contributed by atoms with E-state index in [0.717, 1.165) is 57.4 Å². The third-order valence-corrected chi connectivity index (χ3v) is 18.8. The van der Waals surface area contributed by atoms with Crippen molar-refractivity contribution in [2.24, 2.45) is 31.2 Å². The first-order chi connectivity index (χ1) is 52.5. The van der Waals surface area contributed by atoms with Gasteiger partial charge in [0.05, 0.1) is 98.4 Å². The van der Waals surface area contributed by atoms with Gasteiger partial charge in [-0.3, -0.25) is 52.3 Å². The summed E-state index contributed by atoms with van der Waals surface area (Å²) >= 11 is 11.7. The molecule has 8 aromatic rings. The van der Waals surface area contributed by atoms with E-state index < -0.39 is 85.3 Å². The predicted molar refractivity (Wildman–Crippen MR) is 411 cm³/mol. The van der Waals surface area contributed by atoms with Crippen molar-refractivity contribution in [3.63, 3.8) is 0 Å². The lowest BCUT2D eigenvalue weighted by Crippen LogP contribution is -2.22. The number of primary amides is 1. The van der Waals surface area contributed by atoms with E-state index in [1.165, 1.54) is 35.1 Å². The molecule has 588 valence electrons. The third-order valence-electron chi connectivity index (χ3n) is 14.6. The number of carbonyl (C=O) groups is 8. The van der Waals surface area contributed by atoms with Crippen LogP contribution in [0.15, 0.2) is 203 Å². The standard InChI is InChI=1S/C12H12N2O3.C11H8Cl2N2O5S.C10H9N3O7S2.C10H9N3O2.C10H11N3.C10H10N2O4S.C4H7N3/c1-2-17-12(16)10-8-11(15)14(13-10)9-6-4-3-5-7-9;1-5(16)8-4-11(17)15(14-8)9-2-7(13)10(3-6(9)12)21(18,19)20;11-5-6-3-10(14)13(12-6)8-4-7(21(15,16)17)1-2-9(8)22(18,19)20;11-10(15)8-6-9(14)13(12-8)7-4-2-1-3-5-7;1-8-7-10(11)13(12-8)9-5-3-2-4-6-9;1-7-5-10(13)12(11-7)8-3-2-4-9(6-8)17(14,15)16;1-3-2-4(5)7-6-3/h3-7H,2,8H2,1H3;2-3H,4H2,1H3,(H,18,19,20);1-2,4,15-17H,3H2,(H,18,19,20);1-5H,6H2,(H2,11,15);2-7H,11H2,1H3;2-4,6H,5H2,1H3,(H,14,15,16);2H,1H3,(H3,5,6,7). The maximum atomic E-state index is 11.8. The van der Waals surface area contributed by atoms with Crippen molar-refractivity contribution >= 4 is 180 Å². The number of benzene rings is 6. The fourth-order valence-corrected chi connectivity index (χ4v) is 12.6. The average molecular weight is 1660 g/mol. The SMILES string of the molecule is CC(=O)C1=NN(c2cc(Cl)c(S(=O)(=O)O)cc2Cl)C(=O)C1.CC1=NN(c2cccc(S(=O)(=O)O)c2)C(=O)C1.CCOC(=O)C1=NN(c2ccccc2)C(=O)C1.Cc1cc(N)n(-c2ccccc2)n1.Cc1cc(N)n[nH]1.N#CC1=NN(c2cc(S(O)(O)O)ccc2S(=O)(=O)O)C(=O)C1.NC(=O)C1=NN(c2ccccc2)C(=O)C1. The van der Waals surface area contributed by atoms with Gasteiger partial charge >= 0.3 is 5.97 Å². The van der Waals surface area contributed by atoms with Crippen molar-refractivity contribution in [1.29, 1.82) is 5.26 Å². The van der Waals surface area contributed by atoms with Gasteiger partial charge in [-0.1, -0.05) is 83.9 Å². The number of aromatic amines is 1. The number of H-pyrrole nitrogens is 1. The fourth-order valence-electron chi connectivity index (χ4n) is 9.56. The molecule has 6 amide bonds. The van der Waals surface area contributed by atoms with Crippen LogP contribution in [0.25, 0.3) is 5.69 Å². The van der Waals surface area contributed by atoms with Gasteiger partial charge in [0.25, 0.3) is 65.8 Å². The number of Topliss-reactive ketones (excluding diaryl/α,β-unsaturated/α-hetero) is 1. The van der Waals surface area contributed by atoms with Crippen molar-refractivity contribution in [3.8, 4) is 11.8 Å². The number of nitrogen functional groups attached to an aromatic ring is 2. The minimum Gasteiger partial charge on any atom is -0.461 e. The minimum absolute atomic E-state index is 0.00622. The van der Waals surface area contributed by atoms with E-state index in [0.29, 0.717) is 39.4 Å². The Hall–Kier alpha value is -12.3. The number of halogens is 2. The second kappa shape index (κ2) is 37.4. The molecule has 7 heterocycles. The van der Waals surface area contributed by atoms with Gasteiger partial charge in [-0.25, -0.2) is 14.5 Å². The lowest BCUT2D eigenvalue weighted by molar-refractivity contribution is -0.135. The van der Waals surface area contributed by atoms with Crippen molar-refractivity contribution in [3.05, 3.63) is 179 Å². The molecule has 5 aliphatic rings. The van der Waals surface area contributed by atoms with Gasteiger partial charge in [-0.2, -0.15) is 86.3 Å². The smallest absolute Gasteiger partial charge is 0.355 e. The van der Waals surface area contributed by atoms with Crippen LogP contribution in [0.5, 0.6) is 0 Å². The Balaban J connectivity index is 0.000000184. The number of anilines is 7. The number of aromatic nitrogens is 4. The number of hydrazone groups is 5. The number of amides is 6. The second-order valence-electron chi connectivity index (χ2n) is 23.1. The average Bonchev–Trinajstić information content (AvgIpc) is 1.34. The first kappa shape index (κ1) is 86.9. The molecule has 5 aliphatic heterocycles. The molecule has 0 bridgehead atoms. The number of hydrogen-bond acceptors (Lipinski definition) is 28. The Morgan fingerprint density at radius 2 is 1.02 bits per heavy atom. The Morgan fingerprint density at radius 3 is 1.45 bits per heavy atom. The Morgan fingerprint density at radius 1 is 0.527 bits per heavy atom. The van der Waals surface area contributed by atoms with Crippen molar-refractivity contribution in [1.82, 2.24) is 20.0 Å². The molecule has 112 heavy (non-hydrogen) atoms. The molecule has 0 aliphatic carbocycles. The monoisotopic (exact) mass is 1660 g/mol. The number of nitrogens with one attached hydrogen (secondary N) is 1. The summed E-state index contributed by atoms with van der Waals surface area (Å²) < 4.78 is 128. The molecule has 0 saturated heterocycles. The van der Waals surface area contributed by atoms with Crippen molar-refractivity contribution < 1.29 is 95.7 Å². The van der Waals surface area contributed by atoms with E-state index >= 15 is 0 Å². The second-order valence-corrected chi connectivity index (χ2v) is 29.6. The molecule has 2 aromatic heterocycles. The molecule has 13 rings (SSSR count). The molecular weight excluding hydrogens is 1590 g/mol. The molecule has 6 aromatic carbocycles. The quantitative estimate of drug-likeness (QED) is 0.0367. The molecular formula is C67H66Cl2N18O21S4. The fraction of sp³-hybridized carbons (Fsp3) is 0.164. The summed E-state index contributed by atoms with van der Waals surface area (Å²) in [5.41, 5.74) is 20.9. The predicted octanol–water partition coefficient (Wildman–Crippen LogP) is 7.77. The number of nitrogens with two attached hydrogens (primary N) is 3. The van der Waals surface area contributed by atoms with Crippen LogP contribution in [-0.4, -0.2) is 155 Å². The first-order valence-electron chi connectivity index (χ1n) is 31.8. The number of ether oxygens (including phenoxy) is 1. The van der Waals surface area contributed by atoms with E-state index in [-0.39, 0.29) is 106 Å². The molecule has 39 nitrogen and oxygen atoms in total. The number of carbonyl (C=O) groups excluding carboxylic acids is 8. The molecule has 0 radical (unpaired) electrons. The minimum atomic E-state index is -4.76. The molecule has 13 N–H and O–H groups in total. The highest BCUT2D eigenvalue weighted by Gasteiger charge is 2.35. The van der Waals surface area contributed by atoms with Gasteiger partial charge in [-0.15, -0.1) is 0 Å². The molecule has 0 spiro atoms. The third kappa shape index (κ3) is 23.6. The highest BCUT2D eigenvalue weighted by Crippen LogP contribution is 2.46. The topological polar surface area (TPSA) is 596 Å². The van der Waals surface area contributed by atoms with E-state index in [4.69, 9.17) is 59.5 Å². The first-order valence-corrected chi connectivity index (χ1v) is 38.4. The number of hydrogen-bond donors (Lipinski definition) is 10. The summed E-state index contributed by atoms with van der Waals surface area (Å²) in [5, 5.41) is 43.1. The number of nitriles is 1. The number of rotatable bonds is 14. The van der Waals surface area contributed by atoms with Crippen LogP contribution in [0.4, 0.5) is 40.1 Å². The maximum absolute atomic E-state index is 11.8. The zero-order chi connectivity index (χ0) is 82.9. The van der Waals surface area contributed by atoms with Gasteiger partial charge in [0.1, 0.15) is 55.5 Å².